The van der Waals surface area contributed by atoms with E-state index < -0.39 is 34.3 Å². The molecule has 0 bridgehead atoms. The number of nitrogens with zero attached hydrogens (tertiary/aromatic N) is 2. The summed E-state index contributed by atoms with van der Waals surface area (Å²) in [4.78, 5) is 37.2. The van der Waals surface area contributed by atoms with E-state index in [4.69, 9.17) is 9.15 Å². The lowest BCUT2D eigenvalue weighted by Crippen LogP contribution is -2.39. The summed E-state index contributed by atoms with van der Waals surface area (Å²) in [6, 6.07) is 23.3. The molecule has 13 heteroatoms. The van der Waals surface area contributed by atoms with Gasteiger partial charge in [-0.15, -0.1) is 0 Å². The molecule has 0 radical (unpaired) electrons. The van der Waals surface area contributed by atoms with Crippen molar-refractivity contribution in [1.82, 2.24) is 15.0 Å². The summed E-state index contributed by atoms with van der Waals surface area (Å²) in [6.07, 6.45) is 1.23. The second-order valence-electron chi connectivity index (χ2n) is 9.97. The van der Waals surface area contributed by atoms with Crippen LogP contribution in [0.3, 0.4) is 0 Å². The summed E-state index contributed by atoms with van der Waals surface area (Å²) >= 11 is 0. The first-order chi connectivity index (χ1) is 21.5. The lowest BCUT2D eigenvalue weighted by molar-refractivity contribution is -0.136. The fourth-order valence-corrected chi connectivity index (χ4v) is 5.47. The predicted molar refractivity (Wildman–Crippen MR) is 168 cm³/mol. The molecule has 12 nitrogen and oxygen atoms in total. The van der Waals surface area contributed by atoms with Crippen LogP contribution in [0.15, 0.2) is 99.3 Å². The van der Waals surface area contributed by atoms with Gasteiger partial charge in [0.1, 0.15) is 17.3 Å². The third kappa shape index (κ3) is 9.11. The molecule has 4 rings (SSSR count). The molecule has 0 saturated heterocycles. The summed E-state index contributed by atoms with van der Waals surface area (Å²) in [5.74, 6) is -1.23. The predicted octanol–water partition coefficient (Wildman–Crippen LogP) is 3.50. The third-order valence-electron chi connectivity index (χ3n) is 6.68. The van der Waals surface area contributed by atoms with Gasteiger partial charge in [0.2, 0.25) is 10.0 Å². The Morgan fingerprint density at radius 3 is 2.33 bits per heavy atom. The van der Waals surface area contributed by atoms with E-state index in [1.165, 1.54) is 37.6 Å². The van der Waals surface area contributed by atoms with Crippen LogP contribution in [0, 0.1) is 13.8 Å². The number of carbonyl (C=O) groups is 3. The molecule has 0 aliphatic rings. The lowest BCUT2D eigenvalue weighted by atomic mass is 10.1. The first-order valence-corrected chi connectivity index (χ1v) is 15.2. The lowest BCUT2D eigenvalue weighted by Gasteiger charge is -2.21. The van der Waals surface area contributed by atoms with Crippen LogP contribution < -0.4 is 20.8 Å². The molecule has 3 aromatic carbocycles. The minimum absolute atomic E-state index is 0.00784. The number of anilines is 1. The van der Waals surface area contributed by atoms with E-state index in [1.54, 1.807) is 48.5 Å². The van der Waals surface area contributed by atoms with Crippen molar-refractivity contribution >= 4 is 39.6 Å². The Hall–Kier alpha value is -5.27. The molecule has 1 heterocycles. The van der Waals surface area contributed by atoms with Gasteiger partial charge in [0.05, 0.1) is 31.3 Å². The number of hydrazone groups is 1. The number of hydrogen-bond donors (Lipinski definition) is 3. The molecule has 0 atom stereocenters. The molecule has 1 aromatic heterocycles. The maximum Gasteiger partial charge on any atom is 0.313 e. The number of furan rings is 1. The zero-order chi connectivity index (χ0) is 32.4. The number of methoxy groups -OCH3 is 1. The molecule has 0 spiro atoms. The SMILES string of the molecule is COc1ccc(S(=O)(=O)N(CC(=O)N/N=C\c2ccc(CNC(=O)C(=O)Nc3ccc(C)c(C)c3)o2)Cc2ccccc2)cc1. The highest BCUT2D eigenvalue weighted by Gasteiger charge is 2.27. The van der Waals surface area contributed by atoms with Crippen molar-refractivity contribution in [3.8, 4) is 5.75 Å². The summed E-state index contributed by atoms with van der Waals surface area (Å²) in [6.45, 7) is 3.26. The van der Waals surface area contributed by atoms with Crippen molar-refractivity contribution in [1.29, 1.82) is 0 Å². The first kappa shape index (κ1) is 32.6. The Balaban J connectivity index is 1.32. The van der Waals surface area contributed by atoms with Crippen molar-refractivity contribution in [2.24, 2.45) is 5.10 Å². The van der Waals surface area contributed by atoms with E-state index in [9.17, 15) is 22.8 Å². The number of amides is 3. The van der Waals surface area contributed by atoms with E-state index in [0.29, 0.717) is 22.8 Å². The Morgan fingerprint density at radius 2 is 1.64 bits per heavy atom. The molecular weight excluding hydrogens is 598 g/mol. The molecule has 234 valence electrons. The van der Waals surface area contributed by atoms with E-state index in [2.05, 4.69) is 21.2 Å². The van der Waals surface area contributed by atoms with Gasteiger partial charge >= 0.3 is 11.8 Å². The van der Waals surface area contributed by atoms with Crippen LogP contribution in [0.4, 0.5) is 5.69 Å². The summed E-state index contributed by atoms with van der Waals surface area (Å²) < 4.78 is 38.6. The van der Waals surface area contributed by atoms with Gasteiger partial charge in [0, 0.05) is 12.2 Å². The van der Waals surface area contributed by atoms with Gasteiger partial charge in [-0.3, -0.25) is 14.4 Å². The second kappa shape index (κ2) is 14.9. The van der Waals surface area contributed by atoms with Gasteiger partial charge in [-0.05, 0) is 79.1 Å². The van der Waals surface area contributed by atoms with Gasteiger partial charge in [-0.2, -0.15) is 9.41 Å². The zero-order valence-electron chi connectivity index (χ0n) is 24.9. The van der Waals surface area contributed by atoms with Crippen molar-refractivity contribution in [2.75, 3.05) is 19.0 Å². The minimum atomic E-state index is -4.05. The molecule has 0 saturated carbocycles. The maximum absolute atomic E-state index is 13.4. The quantitative estimate of drug-likeness (QED) is 0.123. The number of carbonyl (C=O) groups excluding carboxylic acids is 3. The van der Waals surface area contributed by atoms with E-state index in [0.717, 1.165) is 15.4 Å². The highest BCUT2D eigenvalue weighted by atomic mass is 32.2. The molecule has 3 N–H and O–H groups in total. The molecule has 0 aliphatic carbocycles. The van der Waals surface area contributed by atoms with Crippen LogP contribution >= 0.6 is 0 Å². The average molecular weight is 632 g/mol. The molecule has 4 aromatic rings. The van der Waals surface area contributed by atoms with Gasteiger partial charge in [0.25, 0.3) is 5.91 Å². The minimum Gasteiger partial charge on any atom is -0.497 e. The van der Waals surface area contributed by atoms with Crippen molar-refractivity contribution in [3.05, 3.63) is 113 Å². The molecule has 3 amide bonds. The monoisotopic (exact) mass is 631 g/mol. The number of benzene rings is 3. The Kier molecular flexibility index (Phi) is 10.8. The topological polar surface area (TPSA) is 159 Å². The van der Waals surface area contributed by atoms with Gasteiger partial charge < -0.3 is 19.8 Å². The molecule has 0 unspecified atom stereocenters. The van der Waals surface area contributed by atoms with Crippen LogP contribution in [0.1, 0.15) is 28.2 Å². The van der Waals surface area contributed by atoms with Crippen LogP contribution in [-0.4, -0.2) is 50.3 Å². The van der Waals surface area contributed by atoms with Crippen LogP contribution in [0.25, 0.3) is 0 Å². The van der Waals surface area contributed by atoms with Crippen molar-refractivity contribution in [2.45, 2.75) is 31.8 Å². The van der Waals surface area contributed by atoms with Gasteiger partial charge in [-0.1, -0.05) is 36.4 Å². The van der Waals surface area contributed by atoms with Gasteiger partial charge in [0.15, 0.2) is 0 Å². The Bertz CT molecular complexity index is 1790. The fraction of sp³-hybridized carbons (Fsp3) is 0.188. The molecule has 0 aliphatic heterocycles. The van der Waals surface area contributed by atoms with Crippen LogP contribution in [0.5, 0.6) is 5.75 Å². The number of ether oxygens (including phenoxy) is 1. The Labute approximate surface area is 261 Å². The standard InChI is InChI=1S/C32H33N5O7S/c1-22-9-10-25(17-23(22)2)35-32(40)31(39)33-18-27-11-12-28(44-27)19-34-36-30(38)21-37(20-24-7-5-4-6-8-24)45(41,42)29-15-13-26(43-3)14-16-29/h4-17,19H,18,20-21H2,1-3H3,(H,33,39)(H,35,40)(H,36,38)/b34-19-. The summed E-state index contributed by atoms with van der Waals surface area (Å²) in [7, 11) is -2.57. The Morgan fingerprint density at radius 1 is 0.911 bits per heavy atom. The molecular formula is C32H33N5O7S. The zero-order valence-corrected chi connectivity index (χ0v) is 25.8. The maximum atomic E-state index is 13.4. The average Bonchev–Trinajstić information content (AvgIpc) is 3.49. The fourth-order valence-electron chi connectivity index (χ4n) is 4.09. The number of rotatable bonds is 12. The summed E-state index contributed by atoms with van der Waals surface area (Å²) in [5.41, 5.74) is 5.58. The van der Waals surface area contributed by atoms with E-state index in [-0.39, 0.29) is 23.7 Å². The summed E-state index contributed by atoms with van der Waals surface area (Å²) in [5, 5.41) is 8.90. The van der Waals surface area contributed by atoms with Crippen molar-refractivity contribution < 1.29 is 32.0 Å². The normalized spacial score (nSPS) is 11.4. The van der Waals surface area contributed by atoms with Crippen LogP contribution in [0.2, 0.25) is 0 Å². The number of nitrogens with one attached hydrogen (secondary N) is 3. The number of aryl methyl sites for hydroxylation is 2. The second-order valence-corrected chi connectivity index (χ2v) is 11.9. The largest absolute Gasteiger partial charge is 0.497 e. The van der Waals surface area contributed by atoms with Gasteiger partial charge in [-0.25, -0.2) is 13.8 Å². The van der Waals surface area contributed by atoms with Crippen LogP contribution in [-0.2, 0) is 37.5 Å². The molecule has 0 fully saturated rings. The highest BCUT2D eigenvalue weighted by Crippen LogP contribution is 2.21. The van der Waals surface area contributed by atoms with Crippen molar-refractivity contribution in [3.63, 3.8) is 0 Å². The number of sulfonamides is 1. The first-order valence-electron chi connectivity index (χ1n) is 13.8. The van der Waals surface area contributed by atoms with E-state index >= 15 is 0 Å². The smallest absolute Gasteiger partial charge is 0.313 e. The van der Waals surface area contributed by atoms with E-state index in [1.807, 2.05) is 26.0 Å². The third-order valence-corrected chi connectivity index (χ3v) is 8.48. The number of hydrogen-bond acceptors (Lipinski definition) is 8. The highest BCUT2D eigenvalue weighted by molar-refractivity contribution is 7.89. The molecule has 45 heavy (non-hydrogen) atoms.